The van der Waals surface area contributed by atoms with E-state index in [0.717, 1.165) is 6.20 Å². The Labute approximate surface area is 75.5 Å². The summed E-state index contributed by atoms with van der Waals surface area (Å²) in [5, 5.41) is 10.5. The van der Waals surface area contributed by atoms with Crippen LogP contribution in [0.3, 0.4) is 0 Å². The zero-order valence-electron chi connectivity index (χ0n) is 5.12. The van der Waals surface area contributed by atoms with Crippen LogP contribution < -0.4 is 0 Å². The van der Waals surface area contributed by atoms with Gasteiger partial charge < -0.3 is 0 Å². The molecule has 0 aromatic carbocycles. The first kappa shape index (κ1) is 8.42. The Morgan fingerprint density at radius 1 is 1.64 bits per heavy atom. The molecule has 1 rings (SSSR count). The Bertz CT molecular complexity index is 305. The molecule has 0 fully saturated rings. The topological polar surface area (TPSA) is 56.0 Å². The van der Waals surface area contributed by atoms with Crippen molar-refractivity contribution in [3.63, 3.8) is 0 Å². The summed E-state index contributed by atoms with van der Waals surface area (Å²) in [4.78, 5) is 13.3. The minimum atomic E-state index is -0.553. The SMILES string of the molecule is O=[N+]([O-])c1cncc(Cl)c1Br. The van der Waals surface area contributed by atoms with Crippen molar-refractivity contribution in [3.05, 3.63) is 32.0 Å². The van der Waals surface area contributed by atoms with Crippen molar-refractivity contribution >= 4 is 33.2 Å². The van der Waals surface area contributed by atoms with E-state index >= 15 is 0 Å². The van der Waals surface area contributed by atoms with Gasteiger partial charge in [-0.15, -0.1) is 0 Å². The van der Waals surface area contributed by atoms with Crippen molar-refractivity contribution < 1.29 is 4.92 Å². The van der Waals surface area contributed by atoms with E-state index in [4.69, 9.17) is 11.6 Å². The van der Waals surface area contributed by atoms with Crippen LogP contribution in [0.5, 0.6) is 0 Å². The standard InChI is InChI=1S/C5H2BrClN2O2/c6-5-3(7)1-8-2-4(5)9(10)11/h1-2H. The van der Waals surface area contributed by atoms with Crippen LogP contribution in [0.25, 0.3) is 0 Å². The van der Waals surface area contributed by atoms with Crippen LogP contribution in [-0.4, -0.2) is 9.91 Å². The summed E-state index contributed by atoms with van der Waals surface area (Å²) in [7, 11) is 0. The van der Waals surface area contributed by atoms with Crippen molar-refractivity contribution in [2.75, 3.05) is 0 Å². The van der Waals surface area contributed by atoms with E-state index in [9.17, 15) is 10.1 Å². The van der Waals surface area contributed by atoms with E-state index in [0.29, 0.717) is 0 Å². The third-order valence-electron chi connectivity index (χ3n) is 1.02. The number of halogens is 2. The van der Waals surface area contributed by atoms with Crippen molar-refractivity contribution in [2.24, 2.45) is 0 Å². The number of pyridine rings is 1. The third kappa shape index (κ3) is 1.66. The summed E-state index contributed by atoms with van der Waals surface area (Å²) >= 11 is 8.51. The monoisotopic (exact) mass is 236 g/mol. The van der Waals surface area contributed by atoms with Crippen molar-refractivity contribution in [1.29, 1.82) is 0 Å². The second-order valence-electron chi connectivity index (χ2n) is 1.71. The highest BCUT2D eigenvalue weighted by molar-refractivity contribution is 9.10. The maximum Gasteiger partial charge on any atom is 0.303 e. The second-order valence-corrected chi connectivity index (χ2v) is 2.91. The van der Waals surface area contributed by atoms with Crippen LogP contribution >= 0.6 is 27.5 Å². The van der Waals surface area contributed by atoms with Gasteiger partial charge in [0, 0.05) is 6.20 Å². The van der Waals surface area contributed by atoms with Crippen LogP contribution in [0.4, 0.5) is 5.69 Å². The lowest BCUT2D eigenvalue weighted by Crippen LogP contribution is -1.90. The second kappa shape index (κ2) is 3.15. The van der Waals surface area contributed by atoms with E-state index in [1.54, 1.807) is 0 Å². The highest BCUT2D eigenvalue weighted by Gasteiger charge is 2.13. The Hall–Kier alpha value is -0.680. The summed E-state index contributed by atoms with van der Waals surface area (Å²) in [5.41, 5.74) is -0.127. The number of hydrogen-bond donors (Lipinski definition) is 0. The van der Waals surface area contributed by atoms with Gasteiger partial charge in [0.15, 0.2) is 0 Å². The maximum atomic E-state index is 10.3. The molecule has 58 valence electrons. The Morgan fingerprint density at radius 3 is 2.73 bits per heavy atom. The maximum absolute atomic E-state index is 10.3. The first-order valence-electron chi connectivity index (χ1n) is 2.56. The first-order chi connectivity index (χ1) is 5.13. The summed E-state index contributed by atoms with van der Waals surface area (Å²) in [5.74, 6) is 0. The largest absolute Gasteiger partial charge is 0.303 e. The average molecular weight is 237 g/mol. The zero-order chi connectivity index (χ0) is 8.43. The summed E-state index contributed by atoms with van der Waals surface area (Å²) in [6, 6.07) is 0. The molecule has 11 heavy (non-hydrogen) atoms. The lowest BCUT2D eigenvalue weighted by Gasteiger charge is -1.94. The fraction of sp³-hybridized carbons (Fsp3) is 0. The molecule has 1 aromatic heterocycles. The van der Waals surface area contributed by atoms with E-state index in [2.05, 4.69) is 20.9 Å². The average Bonchev–Trinajstić information content (AvgIpc) is 1.94. The summed E-state index contributed by atoms with van der Waals surface area (Å²) in [6.07, 6.45) is 2.47. The molecule has 0 saturated heterocycles. The van der Waals surface area contributed by atoms with Crippen molar-refractivity contribution in [3.8, 4) is 0 Å². The minimum Gasteiger partial charge on any atom is -0.258 e. The van der Waals surface area contributed by atoms with Gasteiger partial charge in [-0.3, -0.25) is 15.1 Å². The number of nitrogens with zero attached hydrogens (tertiary/aromatic N) is 2. The quantitative estimate of drug-likeness (QED) is 0.557. The number of rotatable bonds is 1. The van der Waals surface area contributed by atoms with Crippen LogP contribution in [0, 0.1) is 10.1 Å². The van der Waals surface area contributed by atoms with Crippen LogP contribution in [-0.2, 0) is 0 Å². The number of nitro groups is 1. The van der Waals surface area contributed by atoms with Gasteiger partial charge in [0.05, 0.1) is 9.95 Å². The van der Waals surface area contributed by atoms with Gasteiger partial charge in [-0.2, -0.15) is 0 Å². The molecule has 4 nitrogen and oxygen atoms in total. The molecule has 6 heteroatoms. The number of hydrogen-bond acceptors (Lipinski definition) is 3. The molecule has 0 saturated carbocycles. The molecule has 0 atom stereocenters. The van der Waals surface area contributed by atoms with Crippen LogP contribution in [0.1, 0.15) is 0 Å². The van der Waals surface area contributed by atoms with Gasteiger partial charge in [0.25, 0.3) is 0 Å². The molecule has 0 radical (unpaired) electrons. The Morgan fingerprint density at radius 2 is 2.27 bits per heavy atom. The van der Waals surface area contributed by atoms with Crippen molar-refractivity contribution in [1.82, 2.24) is 4.98 Å². The lowest BCUT2D eigenvalue weighted by atomic mass is 10.4. The van der Waals surface area contributed by atoms with Crippen LogP contribution in [0.2, 0.25) is 5.02 Å². The molecule has 1 heterocycles. The van der Waals surface area contributed by atoms with E-state index in [1.165, 1.54) is 6.20 Å². The van der Waals surface area contributed by atoms with E-state index in [1.807, 2.05) is 0 Å². The highest BCUT2D eigenvalue weighted by atomic mass is 79.9. The molecule has 0 unspecified atom stereocenters. The van der Waals surface area contributed by atoms with Crippen LogP contribution in [0.15, 0.2) is 16.9 Å². The first-order valence-corrected chi connectivity index (χ1v) is 3.73. The fourth-order valence-corrected chi connectivity index (χ4v) is 1.04. The lowest BCUT2D eigenvalue weighted by molar-refractivity contribution is -0.386. The molecule has 0 amide bonds. The summed E-state index contributed by atoms with van der Waals surface area (Å²) < 4.78 is 0.263. The smallest absolute Gasteiger partial charge is 0.258 e. The van der Waals surface area contributed by atoms with Gasteiger partial charge in [0.2, 0.25) is 0 Å². The van der Waals surface area contributed by atoms with Gasteiger partial charge in [-0.25, -0.2) is 0 Å². The Kier molecular flexibility index (Phi) is 2.41. The minimum absolute atomic E-state index is 0.127. The van der Waals surface area contributed by atoms with Gasteiger partial charge >= 0.3 is 5.69 Å². The molecule has 0 spiro atoms. The number of aromatic nitrogens is 1. The van der Waals surface area contributed by atoms with E-state index in [-0.39, 0.29) is 15.2 Å². The molecule has 0 aliphatic heterocycles. The molecule has 1 aromatic rings. The third-order valence-corrected chi connectivity index (χ3v) is 2.36. The molecular weight excluding hydrogens is 235 g/mol. The molecule has 0 aliphatic carbocycles. The predicted molar refractivity (Wildman–Crippen MR) is 43.6 cm³/mol. The highest BCUT2D eigenvalue weighted by Crippen LogP contribution is 2.29. The zero-order valence-corrected chi connectivity index (χ0v) is 7.46. The molecular formula is C5H2BrClN2O2. The van der Waals surface area contributed by atoms with Gasteiger partial charge in [-0.1, -0.05) is 11.6 Å². The van der Waals surface area contributed by atoms with Crippen molar-refractivity contribution in [2.45, 2.75) is 0 Å². The predicted octanol–water partition coefficient (Wildman–Crippen LogP) is 2.41. The van der Waals surface area contributed by atoms with Gasteiger partial charge in [0.1, 0.15) is 10.7 Å². The molecule has 0 N–H and O–H groups in total. The Balaban J connectivity index is 3.27. The fourth-order valence-electron chi connectivity index (χ4n) is 0.536. The molecule has 0 bridgehead atoms. The summed E-state index contributed by atoms with van der Waals surface area (Å²) in [6.45, 7) is 0. The normalized spacial score (nSPS) is 9.64. The van der Waals surface area contributed by atoms with E-state index < -0.39 is 4.92 Å². The van der Waals surface area contributed by atoms with Gasteiger partial charge in [-0.05, 0) is 15.9 Å². The molecule has 0 aliphatic rings.